The Hall–Kier alpha value is -3.13. The summed E-state index contributed by atoms with van der Waals surface area (Å²) in [5.74, 6) is -0.357. The predicted molar refractivity (Wildman–Crippen MR) is 135 cm³/mol. The molecule has 5 rings (SSSR count). The number of carboxylic acid groups (broad SMARTS) is 1. The summed E-state index contributed by atoms with van der Waals surface area (Å²) in [5.41, 5.74) is 4.74. The van der Waals surface area contributed by atoms with E-state index >= 15 is 0 Å². The van der Waals surface area contributed by atoms with Crippen molar-refractivity contribution in [1.29, 1.82) is 0 Å². The molecule has 5 nitrogen and oxygen atoms in total. The Morgan fingerprint density at radius 2 is 2.00 bits per heavy atom. The highest BCUT2D eigenvalue weighted by atomic mass is 35.5. The standard InChI is InChI=1S/C27H21ClFNO4S/c1-33-27(35-11-10-26(31)32)19-5-3-2-4-18(19)15-34-25-9-7-16(12-20(25)27)23-8-6-17-13-22(29)21(28)14-24(17)30-23/h2-9,12-14H,10-11,15H2,1H3,(H,31,32). The van der Waals surface area contributed by atoms with Crippen molar-refractivity contribution in [3.63, 3.8) is 0 Å². The molecule has 2 heterocycles. The van der Waals surface area contributed by atoms with Crippen LogP contribution >= 0.6 is 23.4 Å². The topological polar surface area (TPSA) is 68.7 Å². The molecular weight excluding hydrogens is 489 g/mol. The van der Waals surface area contributed by atoms with Gasteiger partial charge in [-0.1, -0.05) is 41.9 Å². The number of benzene rings is 3. The molecule has 0 fully saturated rings. The quantitative estimate of drug-likeness (QED) is 0.294. The molecule has 0 spiro atoms. The van der Waals surface area contributed by atoms with Gasteiger partial charge in [0.05, 0.1) is 22.7 Å². The zero-order valence-electron chi connectivity index (χ0n) is 18.8. The van der Waals surface area contributed by atoms with Crippen LogP contribution in [0.25, 0.3) is 22.2 Å². The summed E-state index contributed by atoms with van der Waals surface area (Å²) in [6.07, 6.45) is -0.00261. The smallest absolute Gasteiger partial charge is 0.304 e. The number of hydrogen-bond donors (Lipinski definition) is 1. The summed E-state index contributed by atoms with van der Waals surface area (Å²) in [5, 5.41) is 9.91. The number of rotatable bonds is 6. The number of hydrogen-bond acceptors (Lipinski definition) is 5. The van der Waals surface area contributed by atoms with Crippen LogP contribution < -0.4 is 4.74 Å². The van der Waals surface area contributed by atoms with Gasteiger partial charge in [-0.2, -0.15) is 0 Å². The molecule has 0 aliphatic carbocycles. The van der Waals surface area contributed by atoms with E-state index in [0.29, 0.717) is 34.7 Å². The van der Waals surface area contributed by atoms with E-state index in [9.17, 15) is 14.3 Å². The van der Waals surface area contributed by atoms with Crippen LogP contribution in [0.15, 0.2) is 66.7 Å². The molecular formula is C27H21ClFNO4S. The first-order chi connectivity index (χ1) is 16.9. The number of carbonyl (C=O) groups is 1. The Morgan fingerprint density at radius 1 is 1.17 bits per heavy atom. The van der Waals surface area contributed by atoms with E-state index in [0.717, 1.165) is 22.3 Å². The van der Waals surface area contributed by atoms with Crippen molar-refractivity contribution in [3.8, 4) is 17.0 Å². The van der Waals surface area contributed by atoms with Crippen molar-refractivity contribution in [2.45, 2.75) is 18.0 Å². The highest BCUT2D eigenvalue weighted by Gasteiger charge is 2.41. The number of pyridine rings is 1. The lowest BCUT2D eigenvalue weighted by Crippen LogP contribution is -2.27. The second-order valence-corrected chi connectivity index (χ2v) is 9.80. The highest BCUT2D eigenvalue weighted by molar-refractivity contribution is 8.00. The number of ether oxygens (including phenoxy) is 2. The molecule has 8 heteroatoms. The number of aromatic nitrogens is 1. The van der Waals surface area contributed by atoms with Crippen LogP contribution in [0, 0.1) is 5.82 Å². The van der Waals surface area contributed by atoms with Gasteiger partial charge in [0.25, 0.3) is 0 Å². The molecule has 1 unspecified atom stereocenters. The van der Waals surface area contributed by atoms with E-state index < -0.39 is 16.7 Å². The van der Waals surface area contributed by atoms with Crippen molar-refractivity contribution in [2.24, 2.45) is 0 Å². The van der Waals surface area contributed by atoms with E-state index in [1.165, 1.54) is 23.9 Å². The van der Waals surface area contributed by atoms with Gasteiger partial charge in [0, 0.05) is 34.9 Å². The lowest BCUT2D eigenvalue weighted by atomic mass is 9.94. The van der Waals surface area contributed by atoms with Crippen LogP contribution in [0.1, 0.15) is 23.1 Å². The second-order valence-electron chi connectivity index (χ2n) is 8.13. The Labute approximate surface area is 210 Å². The minimum Gasteiger partial charge on any atom is -0.488 e. The van der Waals surface area contributed by atoms with E-state index in [2.05, 4.69) is 0 Å². The molecule has 178 valence electrons. The SMILES string of the molecule is COC1(SCCC(=O)O)c2ccccc2COc2ccc(-c3ccc4cc(F)c(Cl)cc4n3)cc21. The Bertz CT molecular complexity index is 1450. The summed E-state index contributed by atoms with van der Waals surface area (Å²) < 4.78 is 26.2. The molecule has 1 N–H and O–H groups in total. The number of carboxylic acids is 1. The van der Waals surface area contributed by atoms with Gasteiger partial charge in [-0.3, -0.25) is 4.79 Å². The van der Waals surface area contributed by atoms with Crippen LogP contribution in [0.3, 0.4) is 0 Å². The van der Waals surface area contributed by atoms with Crippen LogP contribution in [0.2, 0.25) is 5.02 Å². The first-order valence-electron chi connectivity index (χ1n) is 10.9. The van der Waals surface area contributed by atoms with Crippen molar-refractivity contribution in [3.05, 3.63) is 94.3 Å². The van der Waals surface area contributed by atoms with Crippen LogP contribution in [0.4, 0.5) is 4.39 Å². The molecule has 0 bridgehead atoms. The Balaban J connectivity index is 1.66. The van der Waals surface area contributed by atoms with E-state index in [-0.39, 0.29) is 11.4 Å². The first kappa shape index (κ1) is 23.6. The summed E-state index contributed by atoms with van der Waals surface area (Å²) >= 11 is 7.40. The maximum atomic E-state index is 13.9. The third kappa shape index (κ3) is 4.35. The van der Waals surface area contributed by atoms with Gasteiger partial charge < -0.3 is 14.6 Å². The fourth-order valence-corrected chi connectivity index (χ4v) is 5.84. The highest BCUT2D eigenvalue weighted by Crippen LogP contribution is 2.51. The average Bonchev–Trinajstić information content (AvgIpc) is 2.99. The van der Waals surface area contributed by atoms with Gasteiger partial charge in [-0.05, 0) is 42.0 Å². The van der Waals surface area contributed by atoms with Gasteiger partial charge in [0.1, 0.15) is 18.2 Å². The molecule has 1 atom stereocenters. The summed E-state index contributed by atoms with van der Waals surface area (Å²) in [6.45, 7) is 0.366. The Kier molecular flexibility index (Phi) is 6.40. The van der Waals surface area contributed by atoms with Gasteiger partial charge in [0.2, 0.25) is 0 Å². The van der Waals surface area contributed by atoms with Crippen LogP contribution in [-0.4, -0.2) is 28.9 Å². The molecule has 1 aliphatic heterocycles. The number of halogens is 2. The molecule has 0 amide bonds. The number of thioether (sulfide) groups is 1. The van der Waals surface area contributed by atoms with Gasteiger partial charge in [-0.25, -0.2) is 9.37 Å². The number of methoxy groups -OCH3 is 1. The minimum absolute atomic E-state index is 0.00261. The summed E-state index contributed by atoms with van der Waals surface area (Å²) in [4.78, 5) is 15.0. The summed E-state index contributed by atoms with van der Waals surface area (Å²) in [6, 6.07) is 20.1. The van der Waals surface area contributed by atoms with Crippen molar-refractivity contribution in [2.75, 3.05) is 12.9 Å². The lowest BCUT2D eigenvalue weighted by Gasteiger charge is -2.33. The van der Waals surface area contributed by atoms with E-state index in [1.54, 1.807) is 13.2 Å². The summed E-state index contributed by atoms with van der Waals surface area (Å²) in [7, 11) is 1.62. The molecule has 4 aromatic rings. The van der Waals surface area contributed by atoms with Crippen molar-refractivity contribution >= 4 is 40.2 Å². The molecule has 1 aromatic heterocycles. The number of aliphatic carboxylic acids is 1. The van der Waals surface area contributed by atoms with Crippen LogP contribution in [0.5, 0.6) is 5.75 Å². The Morgan fingerprint density at radius 3 is 2.80 bits per heavy atom. The third-order valence-corrected chi connectivity index (χ3v) is 7.74. The second kappa shape index (κ2) is 9.49. The molecule has 3 aromatic carbocycles. The molecule has 1 aliphatic rings. The predicted octanol–water partition coefficient (Wildman–Crippen LogP) is 6.64. The minimum atomic E-state index is -0.975. The average molecular weight is 510 g/mol. The van der Waals surface area contributed by atoms with Crippen molar-refractivity contribution in [1.82, 2.24) is 4.98 Å². The molecule has 0 radical (unpaired) electrons. The maximum Gasteiger partial charge on any atom is 0.304 e. The zero-order valence-corrected chi connectivity index (χ0v) is 20.3. The lowest BCUT2D eigenvalue weighted by molar-refractivity contribution is -0.136. The fraction of sp³-hybridized carbons (Fsp3) is 0.185. The normalized spacial score (nSPS) is 16.8. The number of nitrogens with zero attached hydrogens (tertiary/aromatic N) is 1. The zero-order chi connectivity index (χ0) is 24.6. The first-order valence-corrected chi connectivity index (χ1v) is 12.3. The maximum absolute atomic E-state index is 13.9. The van der Waals surface area contributed by atoms with Gasteiger partial charge in [0.15, 0.2) is 4.93 Å². The largest absolute Gasteiger partial charge is 0.488 e. The van der Waals surface area contributed by atoms with Gasteiger partial charge in [-0.15, -0.1) is 11.8 Å². The van der Waals surface area contributed by atoms with E-state index in [4.69, 9.17) is 26.1 Å². The molecule has 35 heavy (non-hydrogen) atoms. The van der Waals surface area contributed by atoms with Crippen molar-refractivity contribution < 1.29 is 23.8 Å². The van der Waals surface area contributed by atoms with Gasteiger partial charge >= 0.3 is 5.97 Å². The molecule has 0 saturated heterocycles. The van der Waals surface area contributed by atoms with E-state index in [1.807, 2.05) is 48.5 Å². The molecule has 0 saturated carbocycles. The van der Waals surface area contributed by atoms with Crippen LogP contribution in [-0.2, 0) is 21.1 Å². The third-order valence-electron chi connectivity index (χ3n) is 6.02. The number of fused-ring (bicyclic) bond motifs is 3. The monoisotopic (exact) mass is 509 g/mol. The fourth-order valence-electron chi connectivity index (χ4n) is 4.34.